The van der Waals surface area contributed by atoms with E-state index in [1.54, 1.807) is 0 Å². The smallest absolute Gasteiger partial charge is 0.248 e. The zero-order chi connectivity index (χ0) is 13.0. The Balaban J connectivity index is 1.67. The van der Waals surface area contributed by atoms with E-state index in [-0.39, 0.29) is 18.6 Å². The lowest BCUT2D eigenvalue weighted by molar-refractivity contribution is -0.139. The molecule has 0 aromatic rings. The van der Waals surface area contributed by atoms with Crippen LogP contribution >= 0.6 is 0 Å². The first-order valence-corrected chi connectivity index (χ1v) is 6.88. The van der Waals surface area contributed by atoms with E-state index in [0.717, 1.165) is 32.5 Å². The molecule has 2 aliphatic rings. The molecule has 1 amide bonds. The van der Waals surface area contributed by atoms with Gasteiger partial charge < -0.3 is 19.7 Å². The fourth-order valence-corrected chi connectivity index (χ4v) is 2.68. The van der Waals surface area contributed by atoms with E-state index in [1.807, 2.05) is 4.90 Å². The van der Waals surface area contributed by atoms with Gasteiger partial charge in [-0.2, -0.15) is 0 Å². The second kappa shape index (κ2) is 6.50. The zero-order valence-electron chi connectivity index (χ0n) is 11.4. The van der Waals surface area contributed by atoms with Crippen molar-refractivity contribution in [2.45, 2.75) is 44.9 Å². The van der Waals surface area contributed by atoms with E-state index in [0.29, 0.717) is 18.7 Å². The molecule has 0 radical (unpaired) electrons. The summed E-state index contributed by atoms with van der Waals surface area (Å²) in [5.74, 6) is 0.0909. The van der Waals surface area contributed by atoms with Gasteiger partial charge in [0, 0.05) is 31.8 Å². The van der Waals surface area contributed by atoms with Crippen molar-refractivity contribution in [3.63, 3.8) is 0 Å². The van der Waals surface area contributed by atoms with Crippen molar-refractivity contribution >= 4 is 5.91 Å². The van der Waals surface area contributed by atoms with E-state index in [9.17, 15) is 4.79 Å². The Hall–Kier alpha value is -0.650. The Morgan fingerprint density at radius 3 is 2.72 bits per heavy atom. The van der Waals surface area contributed by atoms with Gasteiger partial charge in [-0.05, 0) is 26.7 Å². The summed E-state index contributed by atoms with van der Waals surface area (Å²) in [6, 6.07) is 0.715. The Labute approximate surface area is 109 Å². The Kier molecular flexibility index (Phi) is 4.97. The van der Waals surface area contributed by atoms with Crippen LogP contribution in [0.4, 0.5) is 0 Å². The normalized spacial score (nSPS) is 32.8. The minimum atomic E-state index is 0.0909. The number of nitrogens with one attached hydrogen (secondary N) is 1. The Bertz CT molecular complexity index is 269. The van der Waals surface area contributed by atoms with Crippen LogP contribution in [0.3, 0.4) is 0 Å². The molecule has 5 nitrogen and oxygen atoms in total. The average molecular weight is 256 g/mol. The third-order valence-electron chi connectivity index (χ3n) is 3.46. The van der Waals surface area contributed by atoms with E-state index in [2.05, 4.69) is 19.2 Å². The zero-order valence-corrected chi connectivity index (χ0v) is 11.4. The monoisotopic (exact) mass is 256 g/mol. The van der Waals surface area contributed by atoms with Gasteiger partial charge >= 0.3 is 0 Å². The minimum absolute atomic E-state index is 0.0909. The fraction of sp³-hybridized carbons (Fsp3) is 0.923. The maximum Gasteiger partial charge on any atom is 0.248 e. The van der Waals surface area contributed by atoms with Gasteiger partial charge in [-0.25, -0.2) is 0 Å². The molecule has 0 bridgehead atoms. The molecule has 0 aliphatic carbocycles. The highest BCUT2D eigenvalue weighted by Crippen LogP contribution is 2.12. The van der Waals surface area contributed by atoms with Crippen LogP contribution in [0.15, 0.2) is 0 Å². The molecule has 2 saturated heterocycles. The van der Waals surface area contributed by atoms with Crippen LogP contribution in [0.25, 0.3) is 0 Å². The van der Waals surface area contributed by atoms with Gasteiger partial charge in [0.1, 0.15) is 6.61 Å². The van der Waals surface area contributed by atoms with Crippen molar-refractivity contribution in [3.05, 3.63) is 0 Å². The van der Waals surface area contributed by atoms with Crippen LogP contribution < -0.4 is 5.32 Å². The molecule has 0 spiro atoms. The topological polar surface area (TPSA) is 50.8 Å². The van der Waals surface area contributed by atoms with E-state index in [4.69, 9.17) is 9.47 Å². The summed E-state index contributed by atoms with van der Waals surface area (Å²) >= 11 is 0. The minimum Gasteiger partial charge on any atom is -0.376 e. The molecular weight excluding hydrogens is 232 g/mol. The van der Waals surface area contributed by atoms with Gasteiger partial charge in [0.05, 0.1) is 12.7 Å². The van der Waals surface area contributed by atoms with Crippen molar-refractivity contribution in [1.82, 2.24) is 10.2 Å². The fourth-order valence-electron chi connectivity index (χ4n) is 2.68. The first kappa shape index (κ1) is 13.8. The van der Waals surface area contributed by atoms with Crippen LogP contribution in [0.5, 0.6) is 0 Å². The maximum atomic E-state index is 12.0. The molecular formula is C13H24N2O3. The van der Waals surface area contributed by atoms with Gasteiger partial charge in [-0.15, -0.1) is 0 Å². The summed E-state index contributed by atoms with van der Waals surface area (Å²) < 4.78 is 10.9. The molecule has 18 heavy (non-hydrogen) atoms. The lowest BCUT2D eigenvalue weighted by Gasteiger charge is -2.36. The van der Waals surface area contributed by atoms with Crippen molar-refractivity contribution in [1.29, 1.82) is 0 Å². The highest BCUT2D eigenvalue weighted by atomic mass is 16.5. The molecule has 1 N–H and O–H groups in total. The molecule has 2 aliphatic heterocycles. The number of rotatable bonds is 4. The predicted octanol–water partition coefficient (Wildman–Crippen LogP) is 0.391. The van der Waals surface area contributed by atoms with Gasteiger partial charge in [0.25, 0.3) is 0 Å². The van der Waals surface area contributed by atoms with Crippen molar-refractivity contribution in [3.8, 4) is 0 Å². The molecule has 2 heterocycles. The lowest BCUT2D eigenvalue weighted by Crippen LogP contribution is -2.56. The summed E-state index contributed by atoms with van der Waals surface area (Å²) in [7, 11) is 0. The average Bonchev–Trinajstić information content (AvgIpc) is 2.80. The van der Waals surface area contributed by atoms with Crippen LogP contribution in [-0.4, -0.2) is 61.9 Å². The van der Waals surface area contributed by atoms with E-state index in [1.165, 1.54) is 0 Å². The van der Waals surface area contributed by atoms with Crippen molar-refractivity contribution in [2.75, 3.05) is 32.9 Å². The number of amides is 1. The summed E-state index contributed by atoms with van der Waals surface area (Å²) in [5.41, 5.74) is 0. The molecule has 104 valence electrons. The summed E-state index contributed by atoms with van der Waals surface area (Å²) in [6.07, 6.45) is 2.35. The maximum absolute atomic E-state index is 12.0. The standard InChI is InChI=1S/C13H24N2O3/c1-10-6-15(7-11(2)14-10)13(16)9-17-8-12-4-3-5-18-12/h10-12,14H,3-9H2,1-2H3. The number of ether oxygens (including phenoxy) is 2. The quantitative estimate of drug-likeness (QED) is 0.790. The van der Waals surface area contributed by atoms with Gasteiger partial charge in [0.2, 0.25) is 5.91 Å². The van der Waals surface area contributed by atoms with Crippen LogP contribution in [-0.2, 0) is 14.3 Å². The predicted molar refractivity (Wildman–Crippen MR) is 68.4 cm³/mol. The molecule has 5 heteroatoms. The number of piperazine rings is 1. The van der Waals surface area contributed by atoms with Crippen LogP contribution in [0.2, 0.25) is 0 Å². The molecule has 3 atom stereocenters. The SMILES string of the molecule is CC1CN(C(=O)COCC2CCCO2)CC(C)N1. The van der Waals surface area contributed by atoms with E-state index < -0.39 is 0 Å². The molecule has 0 aromatic carbocycles. The number of hydrogen-bond donors (Lipinski definition) is 1. The largest absolute Gasteiger partial charge is 0.376 e. The highest BCUT2D eigenvalue weighted by molar-refractivity contribution is 5.77. The lowest BCUT2D eigenvalue weighted by atomic mass is 10.1. The van der Waals surface area contributed by atoms with Gasteiger partial charge in [-0.1, -0.05) is 0 Å². The first-order chi connectivity index (χ1) is 8.65. The Morgan fingerprint density at radius 1 is 1.39 bits per heavy atom. The van der Waals surface area contributed by atoms with Crippen LogP contribution in [0, 0.1) is 0 Å². The van der Waals surface area contributed by atoms with Crippen molar-refractivity contribution < 1.29 is 14.3 Å². The molecule has 0 saturated carbocycles. The number of nitrogens with zero attached hydrogens (tertiary/aromatic N) is 1. The first-order valence-electron chi connectivity index (χ1n) is 6.88. The van der Waals surface area contributed by atoms with Gasteiger partial charge in [0.15, 0.2) is 0 Å². The summed E-state index contributed by atoms with van der Waals surface area (Å²) in [4.78, 5) is 13.9. The third-order valence-corrected chi connectivity index (χ3v) is 3.46. The summed E-state index contributed by atoms with van der Waals surface area (Å²) in [6.45, 7) is 7.29. The van der Waals surface area contributed by atoms with Crippen LogP contribution in [0.1, 0.15) is 26.7 Å². The number of hydrogen-bond acceptors (Lipinski definition) is 4. The second-order valence-electron chi connectivity index (χ2n) is 5.42. The second-order valence-corrected chi connectivity index (χ2v) is 5.42. The number of carbonyl (C=O) groups is 1. The van der Waals surface area contributed by atoms with Crippen molar-refractivity contribution in [2.24, 2.45) is 0 Å². The van der Waals surface area contributed by atoms with Gasteiger partial charge in [-0.3, -0.25) is 4.79 Å². The Morgan fingerprint density at radius 2 is 2.11 bits per heavy atom. The third kappa shape index (κ3) is 3.93. The molecule has 0 aromatic heterocycles. The highest BCUT2D eigenvalue weighted by Gasteiger charge is 2.25. The molecule has 2 rings (SSSR count). The molecule has 3 unspecified atom stereocenters. The summed E-state index contributed by atoms with van der Waals surface area (Å²) in [5, 5.41) is 3.41. The number of carbonyl (C=O) groups excluding carboxylic acids is 1. The molecule has 2 fully saturated rings. The van der Waals surface area contributed by atoms with E-state index >= 15 is 0 Å².